The second-order valence-electron chi connectivity index (χ2n) is 7.96. The van der Waals surface area contributed by atoms with Gasteiger partial charge in [0.25, 0.3) is 0 Å². The lowest BCUT2D eigenvalue weighted by Gasteiger charge is -2.32. The molecule has 27 heavy (non-hydrogen) atoms. The molecule has 1 rings (SSSR count). The second kappa shape index (κ2) is 10.3. The fraction of sp³-hybridized carbons (Fsp3) is 0.636. The molecular weight excluding hydrogens is 338 g/mol. The topological polar surface area (TPSA) is 52.7 Å². The van der Waals surface area contributed by atoms with Crippen LogP contribution in [-0.2, 0) is 16.1 Å². The molecule has 0 unspecified atom stereocenters. The van der Waals surface area contributed by atoms with E-state index in [4.69, 9.17) is 0 Å². The normalized spacial score (nSPS) is 11.2. The highest BCUT2D eigenvalue weighted by molar-refractivity contribution is 5.92. The Labute approximate surface area is 165 Å². The summed E-state index contributed by atoms with van der Waals surface area (Å²) >= 11 is 0. The molecule has 0 aliphatic heterocycles. The van der Waals surface area contributed by atoms with E-state index >= 15 is 0 Å². The van der Waals surface area contributed by atoms with Gasteiger partial charge in [0, 0.05) is 49.9 Å². The molecule has 0 fully saturated rings. The number of benzene rings is 1. The van der Waals surface area contributed by atoms with E-state index in [2.05, 4.69) is 33.0 Å². The molecule has 5 heteroatoms. The molecule has 2 amide bonds. The van der Waals surface area contributed by atoms with Crippen LogP contribution in [0.5, 0.6) is 0 Å². The number of rotatable bonds is 9. The number of carbonyl (C=O) groups excluding carboxylic acids is 2. The van der Waals surface area contributed by atoms with E-state index in [1.54, 1.807) is 0 Å². The Kier molecular flexibility index (Phi) is 8.80. The van der Waals surface area contributed by atoms with Crippen molar-refractivity contribution in [2.24, 2.45) is 11.8 Å². The van der Waals surface area contributed by atoms with Crippen molar-refractivity contribution in [1.82, 2.24) is 4.90 Å². The molecule has 152 valence electrons. The third-order valence-corrected chi connectivity index (χ3v) is 4.94. The lowest BCUT2D eigenvalue weighted by atomic mass is 10.00. The van der Waals surface area contributed by atoms with Gasteiger partial charge in [0.15, 0.2) is 0 Å². The summed E-state index contributed by atoms with van der Waals surface area (Å²) in [6, 6.07) is 6.03. The summed E-state index contributed by atoms with van der Waals surface area (Å²) in [5.74, 6) is 0.174. The summed E-state index contributed by atoms with van der Waals surface area (Å²) in [6.45, 7) is 12.5. The summed E-state index contributed by atoms with van der Waals surface area (Å²) in [6.07, 6.45) is 1.70. The molecule has 0 heterocycles. The fourth-order valence-electron chi connectivity index (χ4n) is 3.08. The number of nitrogens with one attached hydrogen (secondary N) is 1. The van der Waals surface area contributed by atoms with Gasteiger partial charge >= 0.3 is 0 Å². The van der Waals surface area contributed by atoms with Gasteiger partial charge in [-0.05, 0) is 50.5 Å². The van der Waals surface area contributed by atoms with Crippen LogP contribution in [0.2, 0.25) is 0 Å². The molecule has 1 aromatic carbocycles. The van der Waals surface area contributed by atoms with Gasteiger partial charge in [0.2, 0.25) is 11.8 Å². The van der Waals surface area contributed by atoms with E-state index in [0.717, 1.165) is 29.8 Å². The van der Waals surface area contributed by atoms with E-state index in [1.165, 1.54) is 0 Å². The Morgan fingerprint density at radius 1 is 1.04 bits per heavy atom. The second-order valence-corrected chi connectivity index (χ2v) is 7.96. The molecule has 0 spiro atoms. The van der Waals surface area contributed by atoms with Gasteiger partial charge in [-0.3, -0.25) is 9.59 Å². The minimum absolute atomic E-state index is 0.00706. The van der Waals surface area contributed by atoms with Crippen LogP contribution in [0.15, 0.2) is 18.2 Å². The first kappa shape index (κ1) is 23.0. The first-order chi connectivity index (χ1) is 12.6. The van der Waals surface area contributed by atoms with Gasteiger partial charge < -0.3 is 15.1 Å². The lowest BCUT2D eigenvalue weighted by molar-refractivity contribution is -0.138. The molecule has 0 aliphatic rings. The summed E-state index contributed by atoms with van der Waals surface area (Å²) in [5, 5.41) is 2.96. The van der Waals surface area contributed by atoms with Gasteiger partial charge in [0.05, 0.1) is 0 Å². The van der Waals surface area contributed by atoms with Crippen LogP contribution in [-0.4, -0.2) is 36.9 Å². The Hall–Kier alpha value is -2.04. The Morgan fingerprint density at radius 3 is 2.07 bits per heavy atom. The van der Waals surface area contributed by atoms with Crippen LogP contribution in [0.1, 0.15) is 59.9 Å². The number of nitrogens with zero attached hydrogens (tertiary/aromatic N) is 2. The standard InChI is InChI=1S/C22H37N3O2/c1-9-17(10-2)22(27)25(16(5)6)14-18-13-19(23-21(26)15(3)4)11-12-20(18)24(7)8/h11-13,15-17H,9-10,14H2,1-8H3,(H,23,26). The predicted octanol–water partition coefficient (Wildman–Crippen LogP) is 4.52. The Morgan fingerprint density at radius 2 is 1.63 bits per heavy atom. The average Bonchev–Trinajstić information content (AvgIpc) is 2.60. The first-order valence-corrected chi connectivity index (χ1v) is 10.0. The summed E-state index contributed by atoms with van der Waals surface area (Å²) in [7, 11) is 3.99. The third kappa shape index (κ3) is 6.26. The molecule has 1 aromatic rings. The van der Waals surface area contributed by atoms with Crippen molar-refractivity contribution in [2.45, 2.75) is 67.0 Å². The molecular formula is C22H37N3O2. The molecule has 0 aromatic heterocycles. The van der Waals surface area contributed by atoms with Crippen LogP contribution >= 0.6 is 0 Å². The minimum Gasteiger partial charge on any atom is -0.377 e. The van der Waals surface area contributed by atoms with Crippen LogP contribution in [0.3, 0.4) is 0 Å². The summed E-state index contributed by atoms with van der Waals surface area (Å²) in [5.41, 5.74) is 2.86. The van der Waals surface area contributed by atoms with E-state index in [-0.39, 0.29) is 29.7 Å². The predicted molar refractivity (Wildman–Crippen MR) is 114 cm³/mol. The quantitative estimate of drug-likeness (QED) is 0.690. The number of amides is 2. The van der Waals surface area contributed by atoms with Gasteiger partial charge in [0.1, 0.15) is 0 Å². The molecule has 0 aliphatic carbocycles. The lowest BCUT2D eigenvalue weighted by Crippen LogP contribution is -2.40. The summed E-state index contributed by atoms with van der Waals surface area (Å²) in [4.78, 5) is 29.1. The number of hydrogen-bond acceptors (Lipinski definition) is 3. The van der Waals surface area contributed by atoms with Gasteiger partial charge in [-0.25, -0.2) is 0 Å². The Bertz CT molecular complexity index is 634. The number of anilines is 2. The van der Waals surface area contributed by atoms with Crippen LogP contribution < -0.4 is 10.2 Å². The SMILES string of the molecule is CCC(CC)C(=O)N(Cc1cc(NC(=O)C(C)C)ccc1N(C)C)C(C)C. The number of hydrogen-bond donors (Lipinski definition) is 1. The summed E-state index contributed by atoms with van der Waals surface area (Å²) < 4.78 is 0. The fourth-order valence-corrected chi connectivity index (χ4v) is 3.08. The smallest absolute Gasteiger partial charge is 0.226 e. The van der Waals surface area contributed by atoms with Gasteiger partial charge in [-0.15, -0.1) is 0 Å². The zero-order valence-corrected chi connectivity index (χ0v) is 18.3. The largest absolute Gasteiger partial charge is 0.377 e. The van der Waals surface area contributed by atoms with Crippen molar-refractivity contribution in [1.29, 1.82) is 0 Å². The maximum atomic E-state index is 13.0. The van der Waals surface area contributed by atoms with Gasteiger partial charge in [-0.2, -0.15) is 0 Å². The minimum atomic E-state index is -0.0782. The Balaban J connectivity index is 3.22. The monoisotopic (exact) mass is 375 g/mol. The highest BCUT2D eigenvalue weighted by atomic mass is 16.2. The highest BCUT2D eigenvalue weighted by Gasteiger charge is 2.25. The zero-order valence-electron chi connectivity index (χ0n) is 18.3. The first-order valence-electron chi connectivity index (χ1n) is 10.0. The average molecular weight is 376 g/mol. The van der Waals surface area contributed by atoms with E-state index in [1.807, 2.05) is 55.9 Å². The molecule has 0 atom stereocenters. The molecule has 5 nitrogen and oxygen atoms in total. The van der Waals surface area contributed by atoms with Gasteiger partial charge in [-0.1, -0.05) is 27.7 Å². The van der Waals surface area contributed by atoms with Crippen molar-refractivity contribution in [2.75, 3.05) is 24.3 Å². The van der Waals surface area contributed by atoms with Crippen LogP contribution in [0, 0.1) is 11.8 Å². The zero-order chi connectivity index (χ0) is 20.7. The van der Waals surface area contributed by atoms with Crippen molar-refractivity contribution >= 4 is 23.2 Å². The molecule has 0 saturated carbocycles. The number of carbonyl (C=O) groups is 2. The van der Waals surface area contributed by atoms with Crippen molar-refractivity contribution in [3.63, 3.8) is 0 Å². The molecule has 0 radical (unpaired) electrons. The van der Waals surface area contributed by atoms with Crippen LogP contribution in [0.4, 0.5) is 11.4 Å². The van der Waals surface area contributed by atoms with Crippen molar-refractivity contribution in [3.8, 4) is 0 Å². The van der Waals surface area contributed by atoms with Crippen molar-refractivity contribution < 1.29 is 9.59 Å². The molecule has 0 bridgehead atoms. The van der Waals surface area contributed by atoms with E-state index in [9.17, 15) is 9.59 Å². The highest BCUT2D eigenvalue weighted by Crippen LogP contribution is 2.27. The van der Waals surface area contributed by atoms with Crippen LogP contribution in [0.25, 0.3) is 0 Å². The van der Waals surface area contributed by atoms with E-state index < -0.39 is 0 Å². The van der Waals surface area contributed by atoms with Crippen molar-refractivity contribution in [3.05, 3.63) is 23.8 Å². The third-order valence-electron chi connectivity index (χ3n) is 4.94. The van der Waals surface area contributed by atoms with E-state index in [0.29, 0.717) is 6.54 Å². The maximum Gasteiger partial charge on any atom is 0.226 e. The molecule has 1 N–H and O–H groups in total. The molecule has 0 saturated heterocycles. The maximum absolute atomic E-state index is 13.0.